The van der Waals surface area contributed by atoms with Crippen LogP contribution in [-0.4, -0.2) is 30.3 Å². The highest BCUT2D eigenvalue weighted by atomic mass is 32.2. The zero-order valence-electron chi connectivity index (χ0n) is 25.5. The van der Waals surface area contributed by atoms with E-state index in [4.69, 9.17) is 12.6 Å². The summed E-state index contributed by atoms with van der Waals surface area (Å²) in [4.78, 5) is -0.830. The van der Waals surface area contributed by atoms with E-state index in [1.807, 2.05) is 19.1 Å². The average Bonchev–Trinajstić information content (AvgIpc) is 3.51. The lowest BCUT2D eigenvalue weighted by atomic mass is 10.0. The summed E-state index contributed by atoms with van der Waals surface area (Å²) in [6.45, 7) is 5.37. The lowest BCUT2D eigenvalue weighted by Gasteiger charge is -2.13. The van der Waals surface area contributed by atoms with Crippen molar-refractivity contribution >= 4 is 52.7 Å². The van der Waals surface area contributed by atoms with Crippen molar-refractivity contribution < 1.29 is 37.9 Å². The Hall–Kier alpha value is -4.88. The molecule has 0 saturated heterocycles. The van der Waals surface area contributed by atoms with Gasteiger partial charge in [-0.3, -0.25) is 4.28 Å². The number of aryl methyl sites for hydroxylation is 3. The molecule has 11 nitrogen and oxygen atoms in total. The molecule has 4 aromatic carbocycles. The van der Waals surface area contributed by atoms with Crippen LogP contribution in [0.5, 0.6) is 11.5 Å². The topological polar surface area (TPSA) is 166 Å². The lowest BCUT2D eigenvalue weighted by molar-refractivity contribution is 0.338. The third kappa shape index (κ3) is 7.80. The second-order valence-corrected chi connectivity index (χ2v) is 16.0. The fraction of sp³-hybridized carbons (Fsp3) is 0.0909. The smallest absolute Gasteiger partial charge is 0.362 e. The van der Waals surface area contributed by atoms with Crippen LogP contribution in [0.1, 0.15) is 22.3 Å². The van der Waals surface area contributed by atoms with E-state index in [1.54, 1.807) is 44.2 Å². The van der Waals surface area contributed by atoms with E-state index in [1.165, 1.54) is 42.5 Å². The van der Waals surface area contributed by atoms with Crippen LogP contribution in [0.4, 0.5) is 0 Å². The summed E-state index contributed by atoms with van der Waals surface area (Å²) in [5, 5.41) is 13.6. The molecule has 1 aliphatic heterocycles. The Morgan fingerprint density at radius 1 is 0.708 bits per heavy atom. The van der Waals surface area contributed by atoms with E-state index in [2.05, 4.69) is 11.2 Å². The Bertz CT molecular complexity index is 2360. The van der Waals surface area contributed by atoms with Gasteiger partial charge in [-0.2, -0.15) is 30.5 Å². The number of oxime groups is 1. The van der Waals surface area contributed by atoms with E-state index >= 15 is 0 Å². The summed E-state index contributed by atoms with van der Waals surface area (Å²) in [6.07, 6.45) is 3.02. The highest BCUT2D eigenvalue weighted by Crippen LogP contribution is 2.37. The minimum atomic E-state index is -4.97. The Balaban J connectivity index is 1.49. The number of thioether (sulfide) groups is 1. The first-order valence-corrected chi connectivity index (χ1v) is 19.0. The summed E-state index contributed by atoms with van der Waals surface area (Å²) in [5.74, 6) is -1.17. The van der Waals surface area contributed by atoms with E-state index in [-0.39, 0.29) is 14.8 Å². The standard InChI is InChI=1S/C33H26N2O9S4/c1-22-8-13-26(14-9-22)46(36,37)42-25-12-17-30(43-47(38,39)27-15-10-23(2)11-16-27)32(20-25)48(40,41)44-35-33-19-18-31(45-33)29(21-34)28-7-5-4-6-24(28)3/h4-20H,1-3H3/b31-29-,35-33?. The zero-order valence-corrected chi connectivity index (χ0v) is 28.8. The van der Waals surface area contributed by atoms with Crippen LogP contribution in [-0.2, 0) is 34.6 Å². The molecule has 0 atom stereocenters. The van der Waals surface area contributed by atoms with E-state index in [0.29, 0.717) is 16.0 Å². The molecule has 1 heterocycles. The van der Waals surface area contributed by atoms with Gasteiger partial charge in [0, 0.05) is 11.0 Å². The second-order valence-electron chi connectivity index (χ2n) is 10.4. The molecule has 0 aliphatic carbocycles. The quantitative estimate of drug-likeness (QED) is 0.101. The molecular formula is C33H26N2O9S4. The maximum Gasteiger partial charge on any atom is 0.362 e. The molecule has 5 rings (SSSR count). The van der Waals surface area contributed by atoms with Crippen LogP contribution in [0.2, 0.25) is 0 Å². The predicted molar refractivity (Wildman–Crippen MR) is 181 cm³/mol. The van der Waals surface area contributed by atoms with Gasteiger partial charge in [0.05, 0.1) is 5.57 Å². The number of rotatable bonds is 10. The van der Waals surface area contributed by atoms with Gasteiger partial charge in [-0.05, 0) is 80.4 Å². The normalized spacial score (nSPS) is 15.2. The highest BCUT2D eigenvalue weighted by Gasteiger charge is 2.29. The van der Waals surface area contributed by atoms with Crippen molar-refractivity contribution in [2.24, 2.45) is 5.16 Å². The molecule has 48 heavy (non-hydrogen) atoms. The molecule has 0 radical (unpaired) electrons. The molecule has 0 unspecified atom stereocenters. The SMILES string of the molecule is Cc1ccc(S(=O)(=O)Oc2ccc(OS(=O)(=O)c3ccc(C)cc3)c(S(=O)(=O)ON=C3C=C/C(=C(\C#N)c4ccccc4C)S3)c2)cc1. The Labute approximate surface area is 283 Å². The largest absolute Gasteiger partial charge is 0.379 e. The molecule has 0 bridgehead atoms. The first-order chi connectivity index (χ1) is 22.7. The first-order valence-electron chi connectivity index (χ1n) is 13.9. The van der Waals surface area contributed by atoms with Gasteiger partial charge in [-0.1, -0.05) is 76.6 Å². The van der Waals surface area contributed by atoms with E-state index < -0.39 is 46.7 Å². The fourth-order valence-electron chi connectivity index (χ4n) is 4.29. The summed E-state index contributed by atoms with van der Waals surface area (Å²) < 4.78 is 94.5. The number of benzene rings is 4. The van der Waals surface area contributed by atoms with Gasteiger partial charge >= 0.3 is 30.4 Å². The van der Waals surface area contributed by atoms with Crippen LogP contribution in [0.15, 0.2) is 128 Å². The fourth-order valence-corrected chi connectivity index (χ4v) is 7.97. The van der Waals surface area contributed by atoms with Crippen LogP contribution < -0.4 is 8.37 Å². The van der Waals surface area contributed by atoms with E-state index in [0.717, 1.165) is 46.7 Å². The van der Waals surface area contributed by atoms with Crippen LogP contribution in [0.3, 0.4) is 0 Å². The summed E-state index contributed by atoms with van der Waals surface area (Å²) in [5.41, 5.74) is 3.47. The molecule has 0 fully saturated rings. The van der Waals surface area contributed by atoms with Crippen molar-refractivity contribution in [1.29, 1.82) is 5.26 Å². The molecule has 0 N–H and O–H groups in total. The summed E-state index contributed by atoms with van der Waals surface area (Å²) in [6, 6.07) is 23.5. The molecule has 0 spiro atoms. The van der Waals surface area contributed by atoms with Crippen molar-refractivity contribution in [3.8, 4) is 17.6 Å². The van der Waals surface area contributed by atoms with Gasteiger partial charge in [0.15, 0.2) is 10.6 Å². The number of nitriles is 1. The first kappa shape index (κ1) is 34.5. The number of nitrogens with zero attached hydrogens (tertiary/aromatic N) is 2. The molecule has 0 saturated carbocycles. The minimum absolute atomic E-state index is 0.0685. The van der Waals surface area contributed by atoms with Crippen molar-refractivity contribution in [3.05, 3.63) is 130 Å². The molecule has 4 aromatic rings. The van der Waals surface area contributed by atoms with Crippen LogP contribution in [0.25, 0.3) is 5.57 Å². The lowest BCUT2D eigenvalue weighted by Crippen LogP contribution is -2.14. The molecule has 0 aromatic heterocycles. The molecule has 0 amide bonds. The Morgan fingerprint density at radius 3 is 1.88 bits per heavy atom. The van der Waals surface area contributed by atoms with Crippen molar-refractivity contribution in [2.75, 3.05) is 0 Å². The Morgan fingerprint density at radius 2 is 1.29 bits per heavy atom. The zero-order chi connectivity index (χ0) is 34.7. The number of allylic oxidation sites excluding steroid dienone is 2. The van der Waals surface area contributed by atoms with Crippen molar-refractivity contribution in [2.45, 2.75) is 35.5 Å². The molecular weight excluding hydrogens is 697 g/mol. The Kier molecular flexibility index (Phi) is 9.83. The summed E-state index contributed by atoms with van der Waals surface area (Å²) in [7, 11) is -13.9. The third-order valence-electron chi connectivity index (χ3n) is 6.80. The van der Waals surface area contributed by atoms with Gasteiger partial charge in [-0.25, -0.2) is 0 Å². The maximum absolute atomic E-state index is 13.5. The summed E-state index contributed by atoms with van der Waals surface area (Å²) >= 11 is 0.980. The minimum Gasteiger partial charge on any atom is -0.379 e. The van der Waals surface area contributed by atoms with Gasteiger partial charge < -0.3 is 8.37 Å². The highest BCUT2D eigenvalue weighted by molar-refractivity contribution is 8.18. The predicted octanol–water partition coefficient (Wildman–Crippen LogP) is 6.40. The molecule has 15 heteroatoms. The molecule has 246 valence electrons. The van der Waals surface area contributed by atoms with Gasteiger partial charge in [0.2, 0.25) is 0 Å². The van der Waals surface area contributed by atoms with Crippen molar-refractivity contribution in [3.63, 3.8) is 0 Å². The number of hydrogen-bond donors (Lipinski definition) is 0. The second kappa shape index (κ2) is 13.7. The van der Waals surface area contributed by atoms with Crippen molar-refractivity contribution in [1.82, 2.24) is 0 Å². The molecule has 1 aliphatic rings. The van der Waals surface area contributed by atoms with Crippen LogP contribution >= 0.6 is 11.8 Å². The number of hydrogen-bond acceptors (Lipinski definition) is 12. The van der Waals surface area contributed by atoms with Gasteiger partial charge in [0.1, 0.15) is 26.7 Å². The van der Waals surface area contributed by atoms with Gasteiger partial charge in [0.25, 0.3) is 0 Å². The van der Waals surface area contributed by atoms with Crippen LogP contribution in [0, 0.1) is 32.1 Å². The van der Waals surface area contributed by atoms with E-state index in [9.17, 15) is 30.5 Å². The van der Waals surface area contributed by atoms with Gasteiger partial charge in [-0.15, -0.1) is 0 Å². The monoisotopic (exact) mass is 722 g/mol. The third-order valence-corrected chi connectivity index (χ3v) is 11.4. The maximum atomic E-state index is 13.5. The average molecular weight is 723 g/mol.